The molecule has 0 spiro atoms. The number of hydrogen-bond acceptors (Lipinski definition) is 6. The van der Waals surface area contributed by atoms with Crippen LogP contribution in [0.2, 0.25) is 0 Å². The average molecular weight is 552 g/mol. The number of ketones is 1. The number of esters is 1. The van der Waals surface area contributed by atoms with E-state index in [0.717, 1.165) is 0 Å². The predicted molar refractivity (Wildman–Crippen MR) is 158 cm³/mol. The lowest BCUT2D eigenvalue weighted by atomic mass is 9.78. The fourth-order valence-electron chi connectivity index (χ4n) is 4.22. The Labute approximate surface area is 240 Å². The first-order chi connectivity index (χ1) is 19.7. The van der Waals surface area contributed by atoms with Crippen molar-refractivity contribution in [1.29, 1.82) is 0 Å². The second-order valence-electron chi connectivity index (χ2n) is 10.0. The van der Waals surface area contributed by atoms with Crippen molar-refractivity contribution in [2.75, 3.05) is 19.0 Å². The molecule has 1 N–H and O–H groups in total. The van der Waals surface area contributed by atoms with Gasteiger partial charge in [0.1, 0.15) is 17.2 Å². The molecule has 0 radical (unpaired) electrons. The molecule has 0 aliphatic rings. The Bertz CT molecular complexity index is 1460. The molecule has 0 atom stereocenters. The van der Waals surface area contributed by atoms with Gasteiger partial charge >= 0.3 is 5.97 Å². The van der Waals surface area contributed by atoms with Gasteiger partial charge in [0.05, 0.1) is 13.5 Å². The molecule has 4 rings (SSSR count). The number of anilines is 1. The van der Waals surface area contributed by atoms with E-state index in [1.54, 1.807) is 48.5 Å². The second-order valence-corrected chi connectivity index (χ2v) is 10.0. The number of nitrogens with one attached hydrogen (secondary N) is 1. The van der Waals surface area contributed by atoms with Gasteiger partial charge in [0.2, 0.25) is 5.91 Å². The molecule has 0 saturated carbocycles. The number of hydrogen-bond donors (Lipinski definition) is 1. The van der Waals surface area contributed by atoms with E-state index in [0.29, 0.717) is 28.5 Å². The Balaban J connectivity index is 1.21. The molecular weight excluding hydrogens is 518 g/mol. The molecule has 0 fully saturated rings. The van der Waals surface area contributed by atoms with Crippen LogP contribution in [0, 0.1) is 0 Å². The Morgan fingerprint density at radius 1 is 0.683 bits per heavy atom. The highest BCUT2D eigenvalue weighted by Gasteiger charge is 2.22. The number of amides is 1. The summed E-state index contributed by atoms with van der Waals surface area (Å²) in [6, 6.07) is 31.9. The van der Waals surface area contributed by atoms with Gasteiger partial charge < -0.3 is 19.5 Å². The maximum Gasteiger partial charge on any atom is 0.306 e. The van der Waals surface area contributed by atoms with Gasteiger partial charge in [-0.25, -0.2) is 0 Å². The number of methoxy groups -OCH3 is 1. The van der Waals surface area contributed by atoms with Crippen LogP contribution in [0.4, 0.5) is 5.69 Å². The van der Waals surface area contributed by atoms with E-state index in [1.165, 1.54) is 18.2 Å². The molecule has 1 amide bonds. The predicted octanol–water partition coefficient (Wildman–Crippen LogP) is 6.96. The third-order valence-corrected chi connectivity index (χ3v) is 6.78. The minimum atomic E-state index is -0.621. The van der Waals surface area contributed by atoms with E-state index in [2.05, 4.69) is 43.4 Å². The smallest absolute Gasteiger partial charge is 0.306 e. The normalized spacial score (nSPS) is 10.9. The fraction of sp³-hybridized carbons (Fsp3) is 0.206. The molecule has 0 aliphatic heterocycles. The summed E-state index contributed by atoms with van der Waals surface area (Å²) in [5.41, 5.74) is 3.27. The number of rotatable bonds is 12. The van der Waals surface area contributed by atoms with Crippen LogP contribution in [0.15, 0.2) is 103 Å². The molecule has 210 valence electrons. The Kier molecular flexibility index (Phi) is 9.53. The van der Waals surface area contributed by atoms with Crippen LogP contribution in [-0.2, 0) is 19.7 Å². The summed E-state index contributed by atoms with van der Waals surface area (Å²) in [4.78, 5) is 36.5. The maximum absolute atomic E-state index is 12.3. The van der Waals surface area contributed by atoms with Crippen molar-refractivity contribution in [1.82, 2.24) is 0 Å². The molecule has 0 aromatic heterocycles. The highest BCUT2D eigenvalue weighted by Crippen LogP contribution is 2.33. The van der Waals surface area contributed by atoms with E-state index >= 15 is 0 Å². The SMILES string of the molecule is COc1ccc(C(=O)COC(=O)CCC(=O)Nc2ccc(Oc3ccc(C(C)(C)c4ccccc4)cc3)cc2)cc1. The molecule has 0 aliphatic carbocycles. The summed E-state index contributed by atoms with van der Waals surface area (Å²) >= 11 is 0. The second kappa shape index (κ2) is 13.4. The van der Waals surface area contributed by atoms with Crippen LogP contribution in [0.1, 0.15) is 48.2 Å². The monoisotopic (exact) mass is 551 g/mol. The number of ether oxygens (including phenoxy) is 3. The minimum absolute atomic E-state index is 0.0700. The lowest BCUT2D eigenvalue weighted by Gasteiger charge is -2.26. The van der Waals surface area contributed by atoms with Gasteiger partial charge in [-0.3, -0.25) is 14.4 Å². The summed E-state index contributed by atoms with van der Waals surface area (Å²) in [5, 5.41) is 2.75. The first kappa shape index (κ1) is 29.1. The van der Waals surface area contributed by atoms with E-state index in [1.807, 2.05) is 30.3 Å². The standard InChI is InChI=1S/C34H33NO6/c1-34(2,25-7-5-4-6-8-25)26-11-17-29(18-12-26)41-30-19-13-27(14-20-30)35-32(37)21-22-33(38)40-23-31(36)24-9-15-28(39-3)16-10-24/h4-20H,21-23H2,1-3H3,(H,35,37). The number of Topliss-reactive ketones (excluding diaryl/α,β-unsaturated/α-hetero) is 1. The van der Waals surface area contributed by atoms with E-state index in [4.69, 9.17) is 14.2 Å². The first-order valence-corrected chi connectivity index (χ1v) is 13.3. The summed E-state index contributed by atoms with van der Waals surface area (Å²) in [6.07, 6.45) is -0.209. The van der Waals surface area contributed by atoms with E-state index < -0.39 is 5.97 Å². The van der Waals surface area contributed by atoms with E-state index in [-0.39, 0.29) is 36.6 Å². The zero-order valence-corrected chi connectivity index (χ0v) is 23.4. The van der Waals surface area contributed by atoms with Crippen LogP contribution >= 0.6 is 0 Å². The third kappa shape index (κ3) is 8.05. The van der Waals surface area contributed by atoms with Crippen molar-refractivity contribution in [3.8, 4) is 17.2 Å². The van der Waals surface area contributed by atoms with Gasteiger partial charge in [-0.1, -0.05) is 56.3 Å². The molecule has 7 heteroatoms. The highest BCUT2D eigenvalue weighted by molar-refractivity contribution is 5.98. The first-order valence-electron chi connectivity index (χ1n) is 13.3. The van der Waals surface area contributed by atoms with Gasteiger partial charge in [-0.15, -0.1) is 0 Å². The lowest BCUT2D eigenvalue weighted by molar-refractivity contribution is -0.143. The van der Waals surface area contributed by atoms with Crippen molar-refractivity contribution in [3.63, 3.8) is 0 Å². The lowest BCUT2D eigenvalue weighted by Crippen LogP contribution is -2.18. The zero-order chi connectivity index (χ0) is 29.2. The van der Waals surface area contributed by atoms with Crippen molar-refractivity contribution in [2.24, 2.45) is 0 Å². The van der Waals surface area contributed by atoms with Gasteiger partial charge in [0.15, 0.2) is 12.4 Å². The van der Waals surface area contributed by atoms with Crippen LogP contribution in [0.5, 0.6) is 17.2 Å². The summed E-state index contributed by atoms with van der Waals surface area (Å²) in [7, 11) is 1.53. The van der Waals surface area contributed by atoms with Crippen LogP contribution < -0.4 is 14.8 Å². The molecule has 41 heavy (non-hydrogen) atoms. The summed E-state index contributed by atoms with van der Waals surface area (Å²) in [6.45, 7) is 4.00. The number of carbonyl (C=O) groups is 3. The largest absolute Gasteiger partial charge is 0.497 e. The summed E-state index contributed by atoms with van der Waals surface area (Å²) in [5.74, 6) is 0.666. The van der Waals surface area contributed by atoms with Crippen LogP contribution in [0.25, 0.3) is 0 Å². The molecule has 4 aromatic rings. The molecule has 0 bridgehead atoms. The molecule has 7 nitrogen and oxygen atoms in total. The Hall–Kier alpha value is -4.91. The van der Waals surface area contributed by atoms with E-state index in [9.17, 15) is 14.4 Å². The van der Waals surface area contributed by atoms with Crippen molar-refractivity contribution in [2.45, 2.75) is 32.1 Å². The molecule has 0 heterocycles. The van der Waals surface area contributed by atoms with Gasteiger partial charge in [-0.05, 0) is 71.8 Å². The molecule has 0 saturated heterocycles. The minimum Gasteiger partial charge on any atom is -0.497 e. The molecule has 4 aromatic carbocycles. The third-order valence-electron chi connectivity index (χ3n) is 6.78. The zero-order valence-electron chi connectivity index (χ0n) is 23.4. The Morgan fingerprint density at radius 2 is 1.24 bits per heavy atom. The Morgan fingerprint density at radius 3 is 1.85 bits per heavy atom. The van der Waals surface area contributed by atoms with Crippen molar-refractivity contribution < 1.29 is 28.6 Å². The molecular formula is C34H33NO6. The molecule has 0 unspecified atom stereocenters. The van der Waals surface area contributed by atoms with Crippen LogP contribution in [-0.4, -0.2) is 31.4 Å². The topological polar surface area (TPSA) is 90.9 Å². The fourth-order valence-corrected chi connectivity index (χ4v) is 4.22. The summed E-state index contributed by atoms with van der Waals surface area (Å²) < 4.78 is 16.1. The number of benzene rings is 4. The van der Waals surface area contributed by atoms with Crippen molar-refractivity contribution in [3.05, 3.63) is 120 Å². The van der Waals surface area contributed by atoms with Gasteiger partial charge in [0, 0.05) is 23.1 Å². The highest BCUT2D eigenvalue weighted by atomic mass is 16.5. The quantitative estimate of drug-likeness (QED) is 0.151. The van der Waals surface area contributed by atoms with Gasteiger partial charge in [0.25, 0.3) is 0 Å². The van der Waals surface area contributed by atoms with Crippen LogP contribution in [0.3, 0.4) is 0 Å². The average Bonchev–Trinajstić information content (AvgIpc) is 3.00. The number of carbonyl (C=O) groups excluding carboxylic acids is 3. The van der Waals surface area contributed by atoms with Crippen molar-refractivity contribution >= 4 is 23.3 Å². The van der Waals surface area contributed by atoms with Gasteiger partial charge in [-0.2, -0.15) is 0 Å². The maximum atomic E-state index is 12.3.